The van der Waals surface area contributed by atoms with E-state index in [4.69, 9.17) is 9.47 Å². The zero-order chi connectivity index (χ0) is 17.9. The second-order valence-corrected chi connectivity index (χ2v) is 8.03. The molecule has 0 atom stereocenters. The number of rotatable bonds is 3. The summed E-state index contributed by atoms with van der Waals surface area (Å²) in [6.45, 7) is 5.54. The fourth-order valence-corrected chi connectivity index (χ4v) is 3.16. The van der Waals surface area contributed by atoms with Crippen LogP contribution in [0.15, 0.2) is 21.5 Å². The molecule has 2 rings (SSSR count). The van der Waals surface area contributed by atoms with Crippen molar-refractivity contribution in [2.45, 2.75) is 64.2 Å². The molecule has 1 amide bonds. The maximum Gasteiger partial charge on any atom is 0.407 e. The van der Waals surface area contributed by atoms with E-state index < -0.39 is 5.60 Å². The minimum Gasteiger partial charge on any atom is -0.489 e. The van der Waals surface area contributed by atoms with Gasteiger partial charge in [-0.25, -0.2) is 4.79 Å². The number of nitrogens with zero attached hydrogens (tertiary/aromatic N) is 1. The van der Waals surface area contributed by atoms with Crippen LogP contribution < -0.4 is 15.6 Å². The number of halogens is 1. The van der Waals surface area contributed by atoms with Crippen LogP contribution >= 0.6 is 15.9 Å². The Morgan fingerprint density at radius 2 is 1.92 bits per heavy atom. The Morgan fingerprint density at radius 1 is 1.29 bits per heavy atom. The molecule has 1 fully saturated rings. The molecule has 1 aromatic heterocycles. The van der Waals surface area contributed by atoms with E-state index >= 15 is 0 Å². The van der Waals surface area contributed by atoms with Crippen LogP contribution in [0.25, 0.3) is 0 Å². The van der Waals surface area contributed by atoms with Crippen molar-refractivity contribution in [2.75, 3.05) is 0 Å². The van der Waals surface area contributed by atoms with Crippen molar-refractivity contribution in [2.24, 2.45) is 7.05 Å². The molecule has 6 nitrogen and oxygen atoms in total. The lowest BCUT2D eigenvalue weighted by atomic mass is 9.93. The number of aromatic nitrogens is 1. The molecule has 0 aromatic carbocycles. The van der Waals surface area contributed by atoms with Gasteiger partial charge in [0, 0.05) is 25.4 Å². The summed E-state index contributed by atoms with van der Waals surface area (Å²) in [4.78, 5) is 23.5. The first-order valence-corrected chi connectivity index (χ1v) is 8.96. The van der Waals surface area contributed by atoms with E-state index in [1.54, 1.807) is 13.2 Å². The number of carbonyl (C=O) groups excluding carboxylic acids is 1. The zero-order valence-corrected chi connectivity index (χ0v) is 16.2. The van der Waals surface area contributed by atoms with E-state index in [1.807, 2.05) is 20.8 Å². The van der Waals surface area contributed by atoms with Gasteiger partial charge in [0.05, 0.1) is 10.6 Å². The fraction of sp³-hybridized carbons (Fsp3) is 0.647. The van der Waals surface area contributed by atoms with Crippen LogP contribution in [0.5, 0.6) is 5.75 Å². The minimum atomic E-state index is -0.490. The fourth-order valence-electron chi connectivity index (χ4n) is 2.65. The molecular weight excluding hydrogens is 376 g/mol. The number of amides is 1. The van der Waals surface area contributed by atoms with Crippen molar-refractivity contribution < 1.29 is 14.3 Å². The van der Waals surface area contributed by atoms with Crippen molar-refractivity contribution in [1.29, 1.82) is 0 Å². The van der Waals surface area contributed by atoms with Crippen molar-refractivity contribution in [3.05, 3.63) is 27.1 Å². The second kappa shape index (κ2) is 7.59. The lowest BCUT2D eigenvalue weighted by molar-refractivity contribution is 0.0470. The molecule has 0 spiro atoms. The normalized spacial score (nSPS) is 21.2. The minimum absolute atomic E-state index is 0.0464. The molecule has 134 valence electrons. The summed E-state index contributed by atoms with van der Waals surface area (Å²) in [6.07, 6.45) is 4.67. The SMILES string of the molecule is Cn1cc(Br)c(O[C@H]2CC[C@H](NC(=O)OC(C)(C)C)CC2)cc1=O. The number of pyridine rings is 1. The maximum absolute atomic E-state index is 11.8. The molecule has 1 saturated carbocycles. The van der Waals surface area contributed by atoms with E-state index in [0.717, 1.165) is 30.2 Å². The van der Waals surface area contributed by atoms with Crippen LogP contribution in [0.3, 0.4) is 0 Å². The number of nitrogens with one attached hydrogen (secondary N) is 1. The van der Waals surface area contributed by atoms with Crippen molar-refractivity contribution >= 4 is 22.0 Å². The van der Waals surface area contributed by atoms with E-state index in [0.29, 0.717) is 5.75 Å². The van der Waals surface area contributed by atoms with Gasteiger partial charge in [0.1, 0.15) is 11.4 Å². The second-order valence-electron chi connectivity index (χ2n) is 7.17. The lowest BCUT2D eigenvalue weighted by Gasteiger charge is -2.30. The first-order chi connectivity index (χ1) is 11.1. The largest absolute Gasteiger partial charge is 0.489 e. The number of hydrogen-bond acceptors (Lipinski definition) is 4. The Kier molecular flexibility index (Phi) is 5.96. The first-order valence-electron chi connectivity index (χ1n) is 8.16. The molecule has 0 unspecified atom stereocenters. The quantitative estimate of drug-likeness (QED) is 0.844. The van der Waals surface area contributed by atoms with Crippen LogP contribution in [0.2, 0.25) is 0 Å². The molecule has 0 aliphatic heterocycles. The monoisotopic (exact) mass is 400 g/mol. The van der Waals surface area contributed by atoms with Crippen LogP contribution in [0.4, 0.5) is 4.79 Å². The summed E-state index contributed by atoms with van der Waals surface area (Å²) in [5.41, 5.74) is -0.593. The van der Waals surface area contributed by atoms with Crippen LogP contribution in [0.1, 0.15) is 46.5 Å². The Balaban J connectivity index is 1.84. The topological polar surface area (TPSA) is 69.6 Å². The average molecular weight is 401 g/mol. The molecule has 1 aliphatic carbocycles. The van der Waals surface area contributed by atoms with Gasteiger partial charge in [0.25, 0.3) is 5.56 Å². The predicted molar refractivity (Wildman–Crippen MR) is 95.4 cm³/mol. The van der Waals surface area contributed by atoms with Gasteiger partial charge in [-0.2, -0.15) is 0 Å². The number of carbonyl (C=O) groups is 1. The molecule has 0 bridgehead atoms. The molecule has 1 aliphatic rings. The lowest BCUT2D eigenvalue weighted by Crippen LogP contribution is -2.42. The molecule has 0 radical (unpaired) electrons. The summed E-state index contributed by atoms with van der Waals surface area (Å²) < 4.78 is 13.5. The molecule has 1 N–H and O–H groups in total. The standard InChI is InChI=1S/C17H25BrN2O4/c1-17(2,3)24-16(22)19-11-5-7-12(8-6-11)23-14-9-15(21)20(4)10-13(14)18/h9-12H,5-8H2,1-4H3,(H,19,22)/t11-,12-. The Bertz CT molecular complexity index is 643. The van der Waals surface area contributed by atoms with E-state index in [2.05, 4.69) is 21.2 Å². The van der Waals surface area contributed by atoms with Gasteiger partial charge in [-0.15, -0.1) is 0 Å². The molecule has 1 heterocycles. The van der Waals surface area contributed by atoms with Gasteiger partial charge >= 0.3 is 6.09 Å². The number of aryl methyl sites for hydroxylation is 1. The van der Waals surface area contributed by atoms with Crippen molar-refractivity contribution in [3.63, 3.8) is 0 Å². The molecule has 24 heavy (non-hydrogen) atoms. The summed E-state index contributed by atoms with van der Waals surface area (Å²) in [5.74, 6) is 0.571. The Labute approximate surface area is 150 Å². The zero-order valence-electron chi connectivity index (χ0n) is 14.6. The molecule has 1 aromatic rings. The molecule has 0 saturated heterocycles. The van der Waals surface area contributed by atoms with Crippen LogP contribution in [-0.4, -0.2) is 28.4 Å². The van der Waals surface area contributed by atoms with Gasteiger partial charge < -0.3 is 19.4 Å². The molecule has 7 heteroatoms. The van der Waals surface area contributed by atoms with Crippen LogP contribution in [0, 0.1) is 0 Å². The molecular formula is C17H25BrN2O4. The predicted octanol–water partition coefficient (Wildman–Crippen LogP) is 3.36. The van der Waals surface area contributed by atoms with E-state index in [-0.39, 0.29) is 23.8 Å². The number of ether oxygens (including phenoxy) is 2. The number of alkyl carbamates (subject to hydrolysis) is 1. The van der Waals surface area contributed by atoms with Gasteiger partial charge in [0.2, 0.25) is 0 Å². The maximum atomic E-state index is 11.8. The van der Waals surface area contributed by atoms with E-state index in [1.165, 1.54) is 10.6 Å². The van der Waals surface area contributed by atoms with Gasteiger partial charge in [-0.3, -0.25) is 4.79 Å². The summed E-state index contributed by atoms with van der Waals surface area (Å²) in [7, 11) is 1.70. The first kappa shape index (κ1) is 18.8. The van der Waals surface area contributed by atoms with Crippen molar-refractivity contribution in [3.8, 4) is 5.75 Å². The Morgan fingerprint density at radius 3 is 2.50 bits per heavy atom. The highest BCUT2D eigenvalue weighted by molar-refractivity contribution is 9.10. The van der Waals surface area contributed by atoms with E-state index in [9.17, 15) is 9.59 Å². The van der Waals surface area contributed by atoms with Gasteiger partial charge in [0.15, 0.2) is 0 Å². The van der Waals surface area contributed by atoms with Crippen molar-refractivity contribution in [1.82, 2.24) is 9.88 Å². The summed E-state index contributed by atoms with van der Waals surface area (Å²) in [6, 6.07) is 1.60. The average Bonchev–Trinajstić information content (AvgIpc) is 2.44. The summed E-state index contributed by atoms with van der Waals surface area (Å²) >= 11 is 3.42. The smallest absolute Gasteiger partial charge is 0.407 e. The number of hydrogen-bond donors (Lipinski definition) is 1. The third-order valence-electron chi connectivity index (χ3n) is 3.83. The third-order valence-corrected chi connectivity index (χ3v) is 4.43. The third kappa shape index (κ3) is 5.54. The van der Waals surface area contributed by atoms with Gasteiger partial charge in [-0.05, 0) is 62.4 Å². The highest BCUT2D eigenvalue weighted by Crippen LogP contribution is 2.28. The van der Waals surface area contributed by atoms with Crippen LogP contribution in [-0.2, 0) is 11.8 Å². The highest BCUT2D eigenvalue weighted by Gasteiger charge is 2.26. The van der Waals surface area contributed by atoms with Gasteiger partial charge in [-0.1, -0.05) is 0 Å². The Hall–Kier alpha value is -1.50. The highest BCUT2D eigenvalue weighted by atomic mass is 79.9. The summed E-state index contributed by atoms with van der Waals surface area (Å²) in [5, 5.41) is 2.91.